The molecule has 2 aromatic rings. The van der Waals surface area contributed by atoms with E-state index in [1.54, 1.807) is 0 Å². The van der Waals surface area contributed by atoms with Gasteiger partial charge in [0.1, 0.15) is 0 Å². The van der Waals surface area contributed by atoms with E-state index in [-0.39, 0.29) is 0 Å². The standard InChI is InChI=1S/C14H14ClN/c1-10-4-2-3-5-13(10)14-7-6-12(15)8-11(14)9-16/h2-8H,9,16H2,1H3. The number of rotatable bonds is 2. The molecule has 0 aliphatic carbocycles. The SMILES string of the molecule is Cc1ccccc1-c1ccc(Cl)cc1CN. The summed E-state index contributed by atoms with van der Waals surface area (Å²) in [5.74, 6) is 0. The molecule has 0 fully saturated rings. The fourth-order valence-corrected chi connectivity index (χ4v) is 2.06. The molecule has 0 atom stereocenters. The van der Waals surface area contributed by atoms with E-state index < -0.39 is 0 Å². The Kier molecular flexibility index (Phi) is 3.28. The van der Waals surface area contributed by atoms with E-state index in [1.165, 1.54) is 16.7 Å². The number of benzene rings is 2. The highest BCUT2D eigenvalue weighted by Gasteiger charge is 2.06. The Labute approximate surface area is 101 Å². The molecule has 0 saturated carbocycles. The normalized spacial score (nSPS) is 10.4. The maximum atomic E-state index is 5.97. The number of aryl methyl sites for hydroxylation is 1. The first-order valence-corrected chi connectivity index (χ1v) is 5.64. The molecule has 16 heavy (non-hydrogen) atoms. The summed E-state index contributed by atoms with van der Waals surface area (Å²) < 4.78 is 0. The van der Waals surface area contributed by atoms with Gasteiger partial charge in [-0.25, -0.2) is 0 Å². The minimum Gasteiger partial charge on any atom is -0.326 e. The van der Waals surface area contributed by atoms with Crippen molar-refractivity contribution >= 4 is 11.6 Å². The van der Waals surface area contributed by atoms with Gasteiger partial charge in [0.25, 0.3) is 0 Å². The van der Waals surface area contributed by atoms with Crippen LogP contribution in [0.1, 0.15) is 11.1 Å². The maximum Gasteiger partial charge on any atom is 0.0409 e. The van der Waals surface area contributed by atoms with E-state index in [0.717, 1.165) is 10.6 Å². The third kappa shape index (κ3) is 2.11. The minimum atomic E-state index is 0.504. The highest BCUT2D eigenvalue weighted by molar-refractivity contribution is 6.30. The average molecular weight is 232 g/mol. The van der Waals surface area contributed by atoms with E-state index in [9.17, 15) is 0 Å². The van der Waals surface area contributed by atoms with E-state index in [4.69, 9.17) is 17.3 Å². The van der Waals surface area contributed by atoms with Crippen LogP contribution in [0.25, 0.3) is 11.1 Å². The molecule has 0 aliphatic rings. The minimum absolute atomic E-state index is 0.504. The molecule has 0 aliphatic heterocycles. The summed E-state index contributed by atoms with van der Waals surface area (Å²) in [4.78, 5) is 0. The lowest BCUT2D eigenvalue weighted by molar-refractivity contribution is 1.07. The summed E-state index contributed by atoms with van der Waals surface area (Å²) in [6, 6.07) is 14.2. The largest absolute Gasteiger partial charge is 0.326 e. The molecule has 0 aromatic heterocycles. The Morgan fingerprint density at radius 1 is 1.06 bits per heavy atom. The molecule has 0 unspecified atom stereocenters. The van der Waals surface area contributed by atoms with Crippen molar-refractivity contribution in [3.63, 3.8) is 0 Å². The number of halogens is 1. The third-order valence-electron chi connectivity index (χ3n) is 2.72. The fourth-order valence-electron chi connectivity index (χ4n) is 1.87. The second-order valence-electron chi connectivity index (χ2n) is 3.82. The second kappa shape index (κ2) is 4.69. The highest BCUT2D eigenvalue weighted by Crippen LogP contribution is 2.28. The smallest absolute Gasteiger partial charge is 0.0409 e. The first-order chi connectivity index (χ1) is 7.72. The Bertz CT molecular complexity index is 506. The topological polar surface area (TPSA) is 26.0 Å². The summed E-state index contributed by atoms with van der Waals surface area (Å²) in [7, 11) is 0. The van der Waals surface area contributed by atoms with Gasteiger partial charge < -0.3 is 5.73 Å². The van der Waals surface area contributed by atoms with Crippen LogP contribution in [-0.4, -0.2) is 0 Å². The first-order valence-electron chi connectivity index (χ1n) is 5.27. The maximum absolute atomic E-state index is 5.97. The molecule has 2 N–H and O–H groups in total. The molecule has 2 rings (SSSR count). The van der Waals surface area contributed by atoms with Crippen molar-refractivity contribution in [1.29, 1.82) is 0 Å². The van der Waals surface area contributed by atoms with E-state index in [0.29, 0.717) is 6.54 Å². The highest BCUT2D eigenvalue weighted by atomic mass is 35.5. The summed E-state index contributed by atoms with van der Waals surface area (Å²) in [6.07, 6.45) is 0. The van der Waals surface area contributed by atoms with Crippen LogP contribution in [-0.2, 0) is 6.54 Å². The Morgan fingerprint density at radius 2 is 1.81 bits per heavy atom. The van der Waals surface area contributed by atoms with Gasteiger partial charge in [-0.1, -0.05) is 41.9 Å². The van der Waals surface area contributed by atoms with Crippen molar-refractivity contribution in [2.24, 2.45) is 5.73 Å². The number of hydrogen-bond acceptors (Lipinski definition) is 1. The lowest BCUT2D eigenvalue weighted by Crippen LogP contribution is -1.99. The Hall–Kier alpha value is -1.31. The van der Waals surface area contributed by atoms with Crippen LogP contribution in [0.5, 0.6) is 0 Å². The van der Waals surface area contributed by atoms with Crippen LogP contribution >= 0.6 is 11.6 Å². The zero-order chi connectivity index (χ0) is 11.5. The molecule has 1 nitrogen and oxygen atoms in total. The molecule has 2 aromatic carbocycles. The van der Waals surface area contributed by atoms with Gasteiger partial charge in [0, 0.05) is 11.6 Å². The van der Waals surface area contributed by atoms with Gasteiger partial charge in [-0.05, 0) is 41.3 Å². The lowest BCUT2D eigenvalue weighted by atomic mass is 9.96. The van der Waals surface area contributed by atoms with Crippen LogP contribution in [0.3, 0.4) is 0 Å². The predicted octanol–water partition coefficient (Wildman–Crippen LogP) is 3.77. The van der Waals surface area contributed by atoms with Crippen molar-refractivity contribution in [1.82, 2.24) is 0 Å². The van der Waals surface area contributed by atoms with Crippen LogP contribution in [0.15, 0.2) is 42.5 Å². The molecule has 2 heteroatoms. The van der Waals surface area contributed by atoms with Crippen molar-refractivity contribution < 1.29 is 0 Å². The van der Waals surface area contributed by atoms with Crippen LogP contribution in [0.4, 0.5) is 0 Å². The quantitative estimate of drug-likeness (QED) is 0.837. The molecule has 0 spiro atoms. The van der Waals surface area contributed by atoms with Gasteiger partial charge in [-0.3, -0.25) is 0 Å². The van der Waals surface area contributed by atoms with E-state index in [1.807, 2.05) is 30.3 Å². The van der Waals surface area contributed by atoms with Gasteiger partial charge in [0.2, 0.25) is 0 Å². The molecular formula is C14H14ClN. The van der Waals surface area contributed by atoms with E-state index >= 15 is 0 Å². The molecular weight excluding hydrogens is 218 g/mol. The monoisotopic (exact) mass is 231 g/mol. The predicted molar refractivity (Wildman–Crippen MR) is 69.5 cm³/mol. The van der Waals surface area contributed by atoms with Gasteiger partial charge in [-0.15, -0.1) is 0 Å². The Balaban J connectivity index is 2.60. The summed E-state index contributed by atoms with van der Waals surface area (Å²) in [5.41, 5.74) is 10.5. The van der Waals surface area contributed by atoms with Crippen molar-refractivity contribution in [3.05, 3.63) is 58.6 Å². The van der Waals surface area contributed by atoms with Crippen molar-refractivity contribution in [3.8, 4) is 11.1 Å². The molecule has 0 heterocycles. The van der Waals surface area contributed by atoms with Crippen LogP contribution < -0.4 is 5.73 Å². The van der Waals surface area contributed by atoms with Gasteiger partial charge in [0.15, 0.2) is 0 Å². The molecule has 82 valence electrons. The third-order valence-corrected chi connectivity index (χ3v) is 2.96. The molecule has 0 saturated heterocycles. The van der Waals surface area contributed by atoms with Gasteiger partial charge in [0.05, 0.1) is 0 Å². The van der Waals surface area contributed by atoms with Crippen LogP contribution in [0.2, 0.25) is 5.02 Å². The Morgan fingerprint density at radius 3 is 2.50 bits per heavy atom. The zero-order valence-electron chi connectivity index (χ0n) is 9.20. The van der Waals surface area contributed by atoms with Crippen LogP contribution in [0, 0.1) is 6.92 Å². The summed E-state index contributed by atoms with van der Waals surface area (Å²) in [5, 5.41) is 0.734. The summed E-state index contributed by atoms with van der Waals surface area (Å²) in [6.45, 7) is 2.61. The van der Waals surface area contributed by atoms with Crippen molar-refractivity contribution in [2.45, 2.75) is 13.5 Å². The average Bonchev–Trinajstić information content (AvgIpc) is 2.30. The second-order valence-corrected chi connectivity index (χ2v) is 4.26. The zero-order valence-corrected chi connectivity index (χ0v) is 9.96. The molecule has 0 radical (unpaired) electrons. The molecule has 0 bridgehead atoms. The molecule has 0 amide bonds. The van der Waals surface area contributed by atoms with Gasteiger partial charge >= 0.3 is 0 Å². The lowest BCUT2D eigenvalue weighted by Gasteiger charge is -2.11. The fraction of sp³-hybridized carbons (Fsp3) is 0.143. The first kappa shape index (κ1) is 11.2. The summed E-state index contributed by atoms with van der Waals surface area (Å²) >= 11 is 5.97. The van der Waals surface area contributed by atoms with Gasteiger partial charge in [-0.2, -0.15) is 0 Å². The van der Waals surface area contributed by atoms with E-state index in [2.05, 4.69) is 19.1 Å². The number of nitrogens with two attached hydrogens (primary N) is 1. The number of hydrogen-bond donors (Lipinski definition) is 1. The van der Waals surface area contributed by atoms with Crippen molar-refractivity contribution in [2.75, 3.05) is 0 Å².